The fourth-order valence-corrected chi connectivity index (χ4v) is 3.72. The molecule has 138 valence electrons. The van der Waals surface area contributed by atoms with Gasteiger partial charge < -0.3 is 15.1 Å². The normalized spacial score (nSPS) is 14.6. The van der Waals surface area contributed by atoms with Crippen LogP contribution in [0, 0.1) is 10.1 Å². The van der Waals surface area contributed by atoms with Gasteiger partial charge >= 0.3 is 0 Å². The predicted molar refractivity (Wildman–Crippen MR) is 104 cm³/mol. The molecule has 1 N–H and O–H groups in total. The summed E-state index contributed by atoms with van der Waals surface area (Å²) < 4.78 is 0. The van der Waals surface area contributed by atoms with Crippen molar-refractivity contribution in [3.8, 4) is 0 Å². The number of nitrogens with zero attached hydrogens (tertiary/aromatic N) is 3. The molecular formula is C18H22N4O3S. The van der Waals surface area contributed by atoms with Crippen molar-refractivity contribution in [3.05, 3.63) is 50.7 Å². The van der Waals surface area contributed by atoms with Crippen LogP contribution in [0.2, 0.25) is 0 Å². The number of amides is 1. The van der Waals surface area contributed by atoms with Crippen LogP contribution in [0.1, 0.15) is 23.5 Å². The molecule has 3 rings (SSSR count). The number of carbonyl (C=O) groups excluding carboxylic acids is 1. The standard InChI is InChI=1S/C18H22N4O3S/c1-13(2)19-15-12-14(5-6-16(15)22(24)25)20-7-9-21(10-8-20)18(23)17-4-3-11-26-17/h3-6,11-13,19H,7-10H2,1-2H3. The summed E-state index contributed by atoms with van der Waals surface area (Å²) in [5.74, 6) is 0.0745. The van der Waals surface area contributed by atoms with Gasteiger partial charge in [-0.05, 0) is 37.4 Å². The number of anilines is 2. The van der Waals surface area contributed by atoms with Crippen molar-refractivity contribution in [1.82, 2.24) is 4.90 Å². The van der Waals surface area contributed by atoms with E-state index in [0.29, 0.717) is 31.9 Å². The highest BCUT2D eigenvalue weighted by Crippen LogP contribution is 2.30. The zero-order valence-corrected chi connectivity index (χ0v) is 15.7. The summed E-state index contributed by atoms with van der Waals surface area (Å²) in [5, 5.41) is 16.3. The molecule has 0 atom stereocenters. The fraction of sp³-hybridized carbons (Fsp3) is 0.389. The third kappa shape index (κ3) is 3.96. The van der Waals surface area contributed by atoms with Crippen molar-refractivity contribution >= 4 is 34.3 Å². The number of hydrogen-bond donors (Lipinski definition) is 1. The molecule has 2 aromatic rings. The smallest absolute Gasteiger partial charge is 0.292 e. The number of piperazine rings is 1. The SMILES string of the molecule is CC(C)Nc1cc(N2CCN(C(=O)c3cccs3)CC2)ccc1[N+](=O)[O-]. The monoisotopic (exact) mass is 374 g/mol. The second-order valence-corrected chi connectivity index (χ2v) is 7.46. The number of nitro benzene ring substituents is 1. The van der Waals surface area contributed by atoms with E-state index in [1.165, 1.54) is 11.3 Å². The highest BCUT2D eigenvalue weighted by Gasteiger charge is 2.24. The first-order valence-corrected chi connectivity index (χ1v) is 9.46. The van der Waals surface area contributed by atoms with Gasteiger partial charge in [0.15, 0.2) is 0 Å². The molecule has 1 amide bonds. The second-order valence-electron chi connectivity index (χ2n) is 6.51. The van der Waals surface area contributed by atoms with Crippen LogP contribution in [0.25, 0.3) is 0 Å². The Hall–Kier alpha value is -2.61. The second kappa shape index (κ2) is 7.74. The van der Waals surface area contributed by atoms with Gasteiger partial charge in [0.1, 0.15) is 5.69 Å². The van der Waals surface area contributed by atoms with Crippen LogP contribution in [0.4, 0.5) is 17.1 Å². The molecule has 7 nitrogen and oxygen atoms in total. The Bertz CT molecular complexity index is 784. The molecule has 1 aliphatic rings. The van der Waals surface area contributed by atoms with Crippen LogP contribution in [-0.4, -0.2) is 48.0 Å². The van der Waals surface area contributed by atoms with E-state index in [2.05, 4.69) is 10.2 Å². The lowest BCUT2D eigenvalue weighted by molar-refractivity contribution is -0.384. The lowest BCUT2D eigenvalue weighted by atomic mass is 10.2. The van der Waals surface area contributed by atoms with Gasteiger partial charge in [-0.1, -0.05) is 6.07 Å². The van der Waals surface area contributed by atoms with Crippen molar-refractivity contribution in [2.24, 2.45) is 0 Å². The van der Waals surface area contributed by atoms with Gasteiger partial charge in [-0.25, -0.2) is 0 Å². The number of thiophene rings is 1. The van der Waals surface area contributed by atoms with E-state index in [1.807, 2.05) is 42.3 Å². The van der Waals surface area contributed by atoms with E-state index in [9.17, 15) is 14.9 Å². The third-order valence-electron chi connectivity index (χ3n) is 4.29. The highest BCUT2D eigenvalue weighted by atomic mass is 32.1. The van der Waals surface area contributed by atoms with Gasteiger partial charge in [0.2, 0.25) is 0 Å². The first-order valence-electron chi connectivity index (χ1n) is 8.58. The van der Waals surface area contributed by atoms with Crippen molar-refractivity contribution in [1.29, 1.82) is 0 Å². The highest BCUT2D eigenvalue weighted by molar-refractivity contribution is 7.12. The van der Waals surface area contributed by atoms with Gasteiger partial charge in [0.05, 0.1) is 9.80 Å². The maximum atomic E-state index is 12.4. The minimum absolute atomic E-state index is 0.0745. The minimum Gasteiger partial charge on any atom is -0.377 e. The van der Waals surface area contributed by atoms with Gasteiger partial charge in [-0.15, -0.1) is 11.3 Å². The van der Waals surface area contributed by atoms with Crippen molar-refractivity contribution < 1.29 is 9.72 Å². The molecule has 0 radical (unpaired) electrons. The zero-order chi connectivity index (χ0) is 18.7. The lowest BCUT2D eigenvalue weighted by Crippen LogP contribution is -2.48. The number of rotatable bonds is 5. The van der Waals surface area contributed by atoms with Crippen molar-refractivity contribution in [3.63, 3.8) is 0 Å². The van der Waals surface area contributed by atoms with Gasteiger partial charge in [0, 0.05) is 44.0 Å². The Morgan fingerprint density at radius 3 is 2.54 bits per heavy atom. The molecular weight excluding hydrogens is 352 g/mol. The summed E-state index contributed by atoms with van der Waals surface area (Å²) in [7, 11) is 0. The Morgan fingerprint density at radius 2 is 1.96 bits per heavy atom. The van der Waals surface area contributed by atoms with Crippen LogP contribution in [-0.2, 0) is 0 Å². The van der Waals surface area contributed by atoms with Crippen LogP contribution < -0.4 is 10.2 Å². The summed E-state index contributed by atoms with van der Waals surface area (Å²) in [6, 6.07) is 8.98. The summed E-state index contributed by atoms with van der Waals surface area (Å²) in [5.41, 5.74) is 1.54. The van der Waals surface area contributed by atoms with E-state index in [4.69, 9.17) is 0 Å². The molecule has 1 aromatic carbocycles. The maximum Gasteiger partial charge on any atom is 0.292 e. The van der Waals surface area contributed by atoms with E-state index < -0.39 is 0 Å². The van der Waals surface area contributed by atoms with E-state index >= 15 is 0 Å². The van der Waals surface area contributed by atoms with Crippen LogP contribution in [0.5, 0.6) is 0 Å². The molecule has 0 bridgehead atoms. The Morgan fingerprint density at radius 1 is 1.23 bits per heavy atom. The predicted octanol–water partition coefficient (Wildman–Crippen LogP) is 3.44. The zero-order valence-electron chi connectivity index (χ0n) is 14.8. The van der Waals surface area contributed by atoms with E-state index in [0.717, 1.165) is 10.6 Å². The van der Waals surface area contributed by atoms with Gasteiger partial charge in [0.25, 0.3) is 11.6 Å². The number of carbonyl (C=O) groups is 1. The molecule has 1 fully saturated rings. The molecule has 1 aromatic heterocycles. The average molecular weight is 374 g/mol. The molecule has 0 spiro atoms. The quantitative estimate of drug-likeness (QED) is 0.641. The van der Waals surface area contributed by atoms with Crippen LogP contribution in [0.3, 0.4) is 0 Å². The lowest BCUT2D eigenvalue weighted by Gasteiger charge is -2.36. The fourth-order valence-electron chi connectivity index (χ4n) is 3.03. The first-order chi connectivity index (χ1) is 12.5. The number of nitro groups is 1. The Labute approximate surface area is 156 Å². The molecule has 2 heterocycles. The molecule has 1 saturated heterocycles. The molecule has 0 aliphatic carbocycles. The summed E-state index contributed by atoms with van der Waals surface area (Å²) in [6.07, 6.45) is 0. The third-order valence-corrected chi connectivity index (χ3v) is 5.14. The summed E-state index contributed by atoms with van der Waals surface area (Å²) in [4.78, 5) is 28.1. The number of benzene rings is 1. The van der Waals surface area contributed by atoms with Crippen LogP contribution in [0.15, 0.2) is 35.7 Å². The van der Waals surface area contributed by atoms with Crippen LogP contribution >= 0.6 is 11.3 Å². The molecule has 26 heavy (non-hydrogen) atoms. The largest absolute Gasteiger partial charge is 0.377 e. The molecule has 0 unspecified atom stereocenters. The summed E-state index contributed by atoms with van der Waals surface area (Å²) in [6.45, 7) is 6.59. The van der Waals surface area contributed by atoms with Crippen molar-refractivity contribution in [2.45, 2.75) is 19.9 Å². The van der Waals surface area contributed by atoms with Gasteiger partial charge in [-0.3, -0.25) is 14.9 Å². The maximum absolute atomic E-state index is 12.4. The van der Waals surface area contributed by atoms with E-state index in [-0.39, 0.29) is 22.6 Å². The topological polar surface area (TPSA) is 78.7 Å². The van der Waals surface area contributed by atoms with Gasteiger partial charge in [-0.2, -0.15) is 0 Å². The first kappa shape index (κ1) is 18.2. The average Bonchev–Trinajstić information content (AvgIpc) is 3.15. The minimum atomic E-state index is -0.369. The molecule has 8 heteroatoms. The Kier molecular flexibility index (Phi) is 5.41. The van der Waals surface area contributed by atoms with E-state index in [1.54, 1.807) is 12.1 Å². The molecule has 0 saturated carbocycles. The number of nitrogens with one attached hydrogen (secondary N) is 1. The Balaban J connectivity index is 1.71. The molecule has 1 aliphatic heterocycles. The number of hydrogen-bond acceptors (Lipinski definition) is 6. The van der Waals surface area contributed by atoms with Crippen molar-refractivity contribution in [2.75, 3.05) is 36.4 Å². The summed E-state index contributed by atoms with van der Waals surface area (Å²) >= 11 is 1.46.